The Labute approximate surface area is 112 Å². The van der Waals surface area contributed by atoms with E-state index in [1.54, 1.807) is 48.5 Å². The molecule has 2 aromatic rings. The SMILES string of the molecule is Cc1ccc(OS(=O)(=O)/N=C/c2ccccc2)cc1. The van der Waals surface area contributed by atoms with E-state index in [4.69, 9.17) is 4.18 Å². The summed E-state index contributed by atoms with van der Waals surface area (Å²) in [5.41, 5.74) is 1.72. The quantitative estimate of drug-likeness (QED) is 0.806. The molecule has 0 saturated carbocycles. The molecular formula is C14H13NO3S. The summed E-state index contributed by atoms with van der Waals surface area (Å²) in [7, 11) is -3.98. The minimum Gasteiger partial charge on any atom is -0.366 e. The second-order valence-corrected chi connectivity index (χ2v) is 5.20. The fourth-order valence-corrected chi connectivity index (χ4v) is 2.05. The molecule has 19 heavy (non-hydrogen) atoms. The standard InChI is InChI=1S/C14H13NO3S/c1-12-7-9-14(10-8-12)18-19(16,17)15-11-13-5-3-2-4-6-13/h2-11H,1H3/b15-11+. The van der Waals surface area contributed by atoms with Gasteiger partial charge in [0, 0.05) is 0 Å². The Bertz CT molecular complexity index is 662. The van der Waals surface area contributed by atoms with E-state index in [9.17, 15) is 8.42 Å². The largest absolute Gasteiger partial charge is 0.428 e. The predicted molar refractivity (Wildman–Crippen MR) is 74.8 cm³/mol. The molecule has 0 heterocycles. The molecule has 0 aliphatic heterocycles. The molecule has 0 saturated heterocycles. The Kier molecular flexibility index (Phi) is 3.97. The van der Waals surface area contributed by atoms with Crippen LogP contribution in [-0.4, -0.2) is 14.6 Å². The molecule has 98 valence electrons. The second kappa shape index (κ2) is 5.67. The maximum atomic E-state index is 11.6. The van der Waals surface area contributed by atoms with Crippen molar-refractivity contribution < 1.29 is 12.6 Å². The maximum absolute atomic E-state index is 11.6. The van der Waals surface area contributed by atoms with Crippen LogP contribution in [0.2, 0.25) is 0 Å². The van der Waals surface area contributed by atoms with Gasteiger partial charge in [0.2, 0.25) is 0 Å². The van der Waals surface area contributed by atoms with Crippen molar-refractivity contribution in [1.29, 1.82) is 0 Å². The highest BCUT2D eigenvalue weighted by atomic mass is 32.2. The fourth-order valence-electron chi connectivity index (χ4n) is 1.40. The number of nitrogens with zero attached hydrogens (tertiary/aromatic N) is 1. The predicted octanol–water partition coefficient (Wildman–Crippen LogP) is 2.74. The van der Waals surface area contributed by atoms with Crippen molar-refractivity contribution in [2.75, 3.05) is 0 Å². The Morgan fingerprint density at radius 3 is 2.26 bits per heavy atom. The van der Waals surface area contributed by atoms with Crippen LogP contribution in [0.4, 0.5) is 0 Å². The first-order chi connectivity index (χ1) is 9.05. The van der Waals surface area contributed by atoms with Crippen LogP contribution in [-0.2, 0) is 10.3 Å². The lowest BCUT2D eigenvalue weighted by Crippen LogP contribution is -2.06. The van der Waals surface area contributed by atoms with Crippen LogP contribution < -0.4 is 4.18 Å². The fraction of sp³-hybridized carbons (Fsp3) is 0.0714. The summed E-state index contributed by atoms with van der Waals surface area (Å²) < 4.78 is 31.6. The number of hydrogen-bond donors (Lipinski definition) is 0. The first-order valence-electron chi connectivity index (χ1n) is 5.67. The molecule has 0 atom stereocenters. The lowest BCUT2D eigenvalue weighted by molar-refractivity contribution is 0.488. The summed E-state index contributed by atoms with van der Waals surface area (Å²) in [6, 6.07) is 15.7. The van der Waals surface area contributed by atoms with Crippen molar-refractivity contribution in [3.05, 3.63) is 65.7 Å². The van der Waals surface area contributed by atoms with Crippen LogP contribution in [0.3, 0.4) is 0 Å². The van der Waals surface area contributed by atoms with E-state index in [1.165, 1.54) is 6.21 Å². The zero-order chi connectivity index (χ0) is 13.7. The summed E-state index contributed by atoms with van der Waals surface area (Å²) in [5, 5.41) is 0. The number of benzene rings is 2. The molecule has 0 bridgehead atoms. The molecule has 2 rings (SSSR count). The molecule has 0 fully saturated rings. The molecule has 0 spiro atoms. The van der Waals surface area contributed by atoms with Crippen LogP contribution in [0.1, 0.15) is 11.1 Å². The van der Waals surface area contributed by atoms with E-state index < -0.39 is 10.3 Å². The molecule has 4 nitrogen and oxygen atoms in total. The first-order valence-corrected chi connectivity index (χ1v) is 7.03. The van der Waals surface area contributed by atoms with Gasteiger partial charge in [-0.3, -0.25) is 0 Å². The molecule has 0 aromatic heterocycles. The minimum atomic E-state index is -3.98. The normalized spacial score (nSPS) is 11.6. The van der Waals surface area contributed by atoms with Gasteiger partial charge in [-0.25, -0.2) is 0 Å². The van der Waals surface area contributed by atoms with Crippen molar-refractivity contribution >= 4 is 16.5 Å². The van der Waals surface area contributed by atoms with Gasteiger partial charge in [-0.2, -0.15) is 8.42 Å². The average Bonchev–Trinajstić information content (AvgIpc) is 2.40. The topological polar surface area (TPSA) is 55.7 Å². The van der Waals surface area contributed by atoms with E-state index in [1.807, 2.05) is 13.0 Å². The summed E-state index contributed by atoms with van der Waals surface area (Å²) in [5.74, 6) is 0.246. The molecule has 0 radical (unpaired) electrons. The first kappa shape index (κ1) is 13.3. The van der Waals surface area contributed by atoms with E-state index >= 15 is 0 Å². The highest BCUT2D eigenvalue weighted by Gasteiger charge is 2.09. The Morgan fingerprint density at radius 1 is 1.00 bits per heavy atom. The van der Waals surface area contributed by atoms with Gasteiger partial charge in [-0.1, -0.05) is 48.0 Å². The minimum absolute atomic E-state index is 0.246. The second-order valence-electron chi connectivity index (χ2n) is 3.97. The third kappa shape index (κ3) is 4.22. The van der Waals surface area contributed by atoms with Crippen molar-refractivity contribution in [1.82, 2.24) is 0 Å². The van der Waals surface area contributed by atoms with Crippen molar-refractivity contribution in [2.24, 2.45) is 4.40 Å². The van der Waals surface area contributed by atoms with Gasteiger partial charge in [0.25, 0.3) is 0 Å². The van der Waals surface area contributed by atoms with Gasteiger partial charge in [0.05, 0.1) is 6.21 Å². The van der Waals surface area contributed by atoms with Crippen LogP contribution >= 0.6 is 0 Å². The molecule has 0 unspecified atom stereocenters. The molecular weight excluding hydrogens is 262 g/mol. The number of hydrogen-bond acceptors (Lipinski definition) is 3. The van der Waals surface area contributed by atoms with Gasteiger partial charge in [-0.05, 0) is 24.6 Å². The molecule has 0 aliphatic rings. The maximum Gasteiger partial charge on any atom is 0.428 e. The molecule has 5 heteroatoms. The summed E-state index contributed by atoms with van der Waals surface area (Å²) in [6.07, 6.45) is 1.25. The Hall–Kier alpha value is -2.14. The average molecular weight is 275 g/mol. The highest BCUT2D eigenvalue weighted by molar-refractivity contribution is 7.85. The zero-order valence-corrected chi connectivity index (χ0v) is 11.2. The summed E-state index contributed by atoms with van der Waals surface area (Å²) in [6.45, 7) is 1.91. The molecule has 0 aliphatic carbocycles. The Morgan fingerprint density at radius 2 is 1.63 bits per heavy atom. The summed E-state index contributed by atoms with van der Waals surface area (Å²) in [4.78, 5) is 0. The third-order valence-corrected chi connectivity index (χ3v) is 3.12. The van der Waals surface area contributed by atoms with Gasteiger partial charge >= 0.3 is 10.3 Å². The number of rotatable bonds is 4. The smallest absolute Gasteiger partial charge is 0.366 e. The lowest BCUT2D eigenvalue weighted by atomic mass is 10.2. The lowest BCUT2D eigenvalue weighted by Gasteiger charge is -2.02. The number of aryl methyl sites for hydroxylation is 1. The zero-order valence-electron chi connectivity index (χ0n) is 10.4. The molecule has 0 amide bonds. The van der Waals surface area contributed by atoms with Gasteiger partial charge < -0.3 is 4.18 Å². The molecule has 0 N–H and O–H groups in total. The highest BCUT2D eigenvalue weighted by Crippen LogP contribution is 2.14. The van der Waals surface area contributed by atoms with Gasteiger partial charge in [-0.15, -0.1) is 4.40 Å². The summed E-state index contributed by atoms with van der Waals surface area (Å²) >= 11 is 0. The van der Waals surface area contributed by atoms with Crippen LogP contribution in [0.5, 0.6) is 5.75 Å². The molecule has 2 aromatic carbocycles. The van der Waals surface area contributed by atoms with E-state index in [0.717, 1.165) is 5.56 Å². The Balaban J connectivity index is 2.11. The van der Waals surface area contributed by atoms with Gasteiger partial charge in [0.1, 0.15) is 5.75 Å². The van der Waals surface area contributed by atoms with Crippen molar-refractivity contribution in [3.63, 3.8) is 0 Å². The van der Waals surface area contributed by atoms with E-state index in [2.05, 4.69) is 4.40 Å². The van der Waals surface area contributed by atoms with E-state index in [-0.39, 0.29) is 5.75 Å². The van der Waals surface area contributed by atoms with Crippen molar-refractivity contribution in [2.45, 2.75) is 6.92 Å². The van der Waals surface area contributed by atoms with Crippen LogP contribution in [0.15, 0.2) is 59.0 Å². The van der Waals surface area contributed by atoms with Crippen LogP contribution in [0, 0.1) is 6.92 Å². The van der Waals surface area contributed by atoms with Crippen molar-refractivity contribution in [3.8, 4) is 5.75 Å². The van der Waals surface area contributed by atoms with Crippen LogP contribution in [0.25, 0.3) is 0 Å². The van der Waals surface area contributed by atoms with Gasteiger partial charge in [0.15, 0.2) is 0 Å². The third-order valence-electron chi connectivity index (χ3n) is 2.35. The van der Waals surface area contributed by atoms with E-state index in [0.29, 0.717) is 5.56 Å². The monoisotopic (exact) mass is 275 g/mol.